The number of rotatable bonds is 8. The summed E-state index contributed by atoms with van der Waals surface area (Å²) in [5, 5.41) is 6.62. The zero-order valence-corrected chi connectivity index (χ0v) is 25.9. The molecule has 0 saturated carbocycles. The van der Waals surface area contributed by atoms with Crippen LogP contribution in [0.4, 0.5) is 0 Å². The number of para-hydroxylation sites is 1. The molecule has 6 rings (SSSR count). The molecule has 8 nitrogen and oxygen atoms in total. The summed E-state index contributed by atoms with van der Waals surface area (Å²) in [4.78, 5) is 18.5. The number of fused-ring (bicyclic) bond motifs is 2. The smallest absolute Gasteiger partial charge is 0.282 e. The van der Waals surface area contributed by atoms with Gasteiger partial charge in [-0.3, -0.25) is 4.79 Å². The second-order valence-corrected chi connectivity index (χ2v) is 11.1. The molecular formula is C32H22BrCl2N3O5. The van der Waals surface area contributed by atoms with E-state index >= 15 is 0 Å². The molecule has 0 saturated heterocycles. The van der Waals surface area contributed by atoms with Gasteiger partial charge in [0.2, 0.25) is 5.82 Å². The molecule has 0 radical (unpaired) electrons. The Morgan fingerprint density at radius 2 is 1.74 bits per heavy atom. The Hall–Kier alpha value is -4.31. The van der Waals surface area contributed by atoms with E-state index in [-0.39, 0.29) is 18.0 Å². The van der Waals surface area contributed by atoms with Crippen LogP contribution in [0.1, 0.15) is 11.1 Å². The van der Waals surface area contributed by atoms with Crippen LogP contribution in [-0.2, 0) is 6.61 Å². The minimum absolute atomic E-state index is 0.180. The zero-order chi connectivity index (χ0) is 30.1. The van der Waals surface area contributed by atoms with Gasteiger partial charge in [-0.1, -0.05) is 63.4 Å². The molecule has 0 amide bonds. The largest absolute Gasteiger partial charge is 0.496 e. The van der Waals surface area contributed by atoms with Gasteiger partial charge in [0.05, 0.1) is 46.8 Å². The monoisotopic (exact) mass is 677 g/mol. The van der Waals surface area contributed by atoms with Gasteiger partial charge in [-0.2, -0.15) is 9.78 Å². The maximum absolute atomic E-state index is 13.8. The van der Waals surface area contributed by atoms with Gasteiger partial charge in [-0.15, -0.1) is 0 Å². The van der Waals surface area contributed by atoms with E-state index in [1.165, 1.54) is 10.9 Å². The third-order valence-corrected chi connectivity index (χ3v) is 7.86. The van der Waals surface area contributed by atoms with Crippen LogP contribution in [0.2, 0.25) is 10.0 Å². The highest BCUT2D eigenvalue weighted by Crippen LogP contribution is 2.36. The van der Waals surface area contributed by atoms with Crippen LogP contribution in [0.15, 0.2) is 97.6 Å². The molecule has 2 heterocycles. The average Bonchev–Trinajstić information content (AvgIpc) is 3.46. The topological polar surface area (TPSA) is 88.1 Å². The fourth-order valence-electron chi connectivity index (χ4n) is 4.61. The molecule has 216 valence electrons. The third kappa shape index (κ3) is 5.71. The van der Waals surface area contributed by atoms with E-state index < -0.39 is 0 Å². The number of hydrogen-bond acceptors (Lipinski definition) is 7. The summed E-state index contributed by atoms with van der Waals surface area (Å²) < 4.78 is 25.4. The number of methoxy groups -OCH3 is 2. The Morgan fingerprint density at radius 3 is 2.53 bits per heavy atom. The number of hydrogen-bond donors (Lipinski definition) is 0. The maximum atomic E-state index is 13.8. The second kappa shape index (κ2) is 12.1. The lowest BCUT2D eigenvalue weighted by Crippen LogP contribution is -2.20. The third-order valence-electron chi connectivity index (χ3n) is 6.66. The number of ether oxygens (including phenoxy) is 3. The molecule has 2 aromatic heterocycles. The maximum Gasteiger partial charge on any atom is 0.282 e. The molecule has 0 atom stereocenters. The SMILES string of the molecule is COc1cc(Br)cc(C=Nn2c(-c3cc4c(OC)cccc4o3)nc3ccccc3c2=O)c1OCc1ccc(Cl)c(Cl)c1. The van der Waals surface area contributed by atoms with E-state index in [1.807, 2.05) is 30.3 Å². The number of nitrogens with zero attached hydrogens (tertiary/aromatic N) is 3. The summed E-state index contributed by atoms with van der Waals surface area (Å²) in [6, 6.07) is 23.2. The predicted octanol–water partition coefficient (Wildman–Crippen LogP) is 8.36. The van der Waals surface area contributed by atoms with Gasteiger partial charge in [0.15, 0.2) is 17.3 Å². The van der Waals surface area contributed by atoms with Gasteiger partial charge in [-0.25, -0.2) is 4.98 Å². The van der Waals surface area contributed by atoms with E-state index in [2.05, 4.69) is 21.0 Å². The van der Waals surface area contributed by atoms with Gasteiger partial charge in [0.25, 0.3) is 5.56 Å². The molecule has 0 bridgehead atoms. The van der Waals surface area contributed by atoms with Crippen molar-refractivity contribution in [1.82, 2.24) is 9.66 Å². The van der Waals surface area contributed by atoms with Crippen molar-refractivity contribution in [2.24, 2.45) is 5.10 Å². The lowest BCUT2D eigenvalue weighted by Gasteiger charge is -2.14. The molecule has 0 aliphatic carbocycles. The number of halogens is 3. The van der Waals surface area contributed by atoms with Gasteiger partial charge in [0, 0.05) is 10.0 Å². The van der Waals surface area contributed by atoms with E-state index in [1.54, 1.807) is 62.8 Å². The van der Waals surface area contributed by atoms with Crippen molar-refractivity contribution in [3.63, 3.8) is 0 Å². The highest BCUT2D eigenvalue weighted by Gasteiger charge is 2.19. The van der Waals surface area contributed by atoms with Gasteiger partial charge >= 0.3 is 0 Å². The van der Waals surface area contributed by atoms with Crippen molar-refractivity contribution >= 4 is 67.2 Å². The molecule has 4 aromatic carbocycles. The molecular weight excluding hydrogens is 657 g/mol. The first-order chi connectivity index (χ1) is 20.9. The Balaban J connectivity index is 1.47. The molecule has 0 spiro atoms. The van der Waals surface area contributed by atoms with Gasteiger partial charge in [0.1, 0.15) is 17.9 Å². The molecule has 0 aliphatic heterocycles. The second-order valence-electron chi connectivity index (χ2n) is 9.36. The summed E-state index contributed by atoms with van der Waals surface area (Å²) in [7, 11) is 3.13. The van der Waals surface area contributed by atoms with E-state index in [9.17, 15) is 4.79 Å². The van der Waals surface area contributed by atoms with Gasteiger partial charge in [-0.05, 0) is 60.2 Å². The first kappa shape index (κ1) is 28.8. The summed E-state index contributed by atoms with van der Waals surface area (Å²) in [6.45, 7) is 0.180. The molecule has 0 fully saturated rings. The van der Waals surface area contributed by atoms with Crippen LogP contribution in [0.25, 0.3) is 33.5 Å². The summed E-state index contributed by atoms with van der Waals surface area (Å²) >= 11 is 15.8. The van der Waals surface area contributed by atoms with Crippen LogP contribution in [-0.4, -0.2) is 30.1 Å². The summed E-state index contributed by atoms with van der Waals surface area (Å²) in [5.41, 5.74) is 2.08. The van der Waals surface area contributed by atoms with Crippen LogP contribution in [0, 0.1) is 0 Å². The standard InChI is InChI=1S/C32H22BrCl2N3O5/c1-40-26-8-5-9-27-22(26)15-29(43-27)31-37-25-7-4-3-6-21(25)32(39)38(31)36-16-19-13-20(33)14-28(41-2)30(19)42-17-18-10-11-23(34)24(35)12-18/h3-16H,17H2,1-2H3. The highest BCUT2D eigenvalue weighted by molar-refractivity contribution is 9.10. The molecule has 0 aliphatic rings. The van der Waals surface area contributed by atoms with Crippen molar-refractivity contribution < 1.29 is 18.6 Å². The van der Waals surface area contributed by atoms with Crippen LogP contribution < -0.4 is 19.8 Å². The minimum Gasteiger partial charge on any atom is -0.496 e. The van der Waals surface area contributed by atoms with Gasteiger partial charge < -0.3 is 18.6 Å². The number of benzene rings is 4. The number of furan rings is 1. The molecule has 0 unspecified atom stereocenters. The van der Waals surface area contributed by atoms with Crippen molar-refractivity contribution in [1.29, 1.82) is 0 Å². The van der Waals surface area contributed by atoms with Crippen molar-refractivity contribution in [3.8, 4) is 28.8 Å². The van der Waals surface area contributed by atoms with Crippen molar-refractivity contribution in [3.05, 3.63) is 115 Å². The Bertz CT molecular complexity index is 2090. The predicted molar refractivity (Wildman–Crippen MR) is 172 cm³/mol. The van der Waals surface area contributed by atoms with Crippen LogP contribution in [0.3, 0.4) is 0 Å². The molecule has 6 aromatic rings. The molecule has 43 heavy (non-hydrogen) atoms. The summed E-state index contributed by atoms with van der Waals surface area (Å²) in [5.74, 6) is 2.08. The molecule has 11 heteroatoms. The number of aromatic nitrogens is 2. The first-order valence-corrected chi connectivity index (χ1v) is 14.5. The fraction of sp³-hybridized carbons (Fsp3) is 0.0938. The van der Waals surface area contributed by atoms with E-state index in [0.717, 1.165) is 15.4 Å². The zero-order valence-electron chi connectivity index (χ0n) is 22.8. The normalized spacial score (nSPS) is 11.5. The van der Waals surface area contributed by atoms with Crippen molar-refractivity contribution in [2.45, 2.75) is 6.61 Å². The summed E-state index contributed by atoms with van der Waals surface area (Å²) in [6.07, 6.45) is 1.52. The Morgan fingerprint density at radius 1 is 0.930 bits per heavy atom. The quantitative estimate of drug-likeness (QED) is 0.150. The first-order valence-electron chi connectivity index (χ1n) is 12.9. The van der Waals surface area contributed by atoms with Crippen LogP contribution in [0.5, 0.6) is 17.2 Å². The van der Waals surface area contributed by atoms with Crippen LogP contribution >= 0.6 is 39.1 Å². The van der Waals surface area contributed by atoms with E-state index in [4.69, 9.17) is 46.8 Å². The minimum atomic E-state index is -0.371. The highest BCUT2D eigenvalue weighted by atomic mass is 79.9. The molecule has 0 N–H and O–H groups in total. The lowest BCUT2D eigenvalue weighted by atomic mass is 10.2. The lowest BCUT2D eigenvalue weighted by molar-refractivity contribution is 0.284. The van der Waals surface area contributed by atoms with E-state index in [0.29, 0.717) is 55.1 Å². The fourth-order valence-corrected chi connectivity index (χ4v) is 5.38. The van der Waals surface area contributed by atoms with Crippen molar-refractivity contribution in [2.75, 3.05) is 14.2 Å². The Labute approximate surface area is 264 Å². The average molecular weight is 679 g/mol. The Kier molecular flexibility index (Phi) is 8.12.